The summed E-state index contributed by atoms with van der Waals surface area (Å²) in [6.45, 7) is 5.61. The van der Waals surface area contributed by atoms with Gasteiger partial charge in [-0.3, -0.25) is 4.79 Å². The van der Waals surface area contributed by atoms with E-state index in [1.807, 2.05) is 6.07 Å². The number of sulfonamides is 1. The number of carbonyl (C=O) groups excluding carboxylic acids is 1. The summed E-state index contributed by atoms with van der Waals surface area (Å²) in [6.07, 6.45) is 0.430. The fourth-order valence-corrected chi connectivity index (χ4v) is 6.32. The van der Waals surface area contributed by atoms with E-state index in [0.29, 0.717) is 37.5 Å². The van der Waals surface area contributed by atoms with Gasteiger partial charge in [0.2, 0.25) is 15.9 Å². The quantitative estimate of drug-likeness (QED) is 0.807. The lowest BCUT2D eigenvalue weighted by Crippen LogP contribution is -2.53. The Hall–Kier alpha value is -2.03. The van der Waals surface area contributed by atoms with Crippen LogP contribution in [0.2, 0.25) is 0 Å². The maximum absolute atomic E-state index is 13.3. The van der Waals surface area contributed by atoms with Crippen molar-refractivity contribution in [1.82, 2.24) is 4.31 Å². The molecule has 2 aromatic carbocycles. The Morgan fingerprint density at radius 2 is 1.97 bits per heavy atom. The fourth-order valence-electron chi connectivity index (χ4n) is 3.84. The Bertz CT molecular complexity index is 1040. The molecule has 8 heteroatoms. The molecule has 29 heavy (non-hydrogen) atoms. The number of rotatable bonds is 3. The molecule has 0 radical (unpaired) electrons. The van der Waals surface area contributed by atoms with E-state index in [9.17, 15) is 13.2 Å². The number of nitrogens with one attached hydrogen (secondary N) is 1. The third kappa shape index (κ3) is 4.15. The van der Waals surface area contributed by atoms with Gasteiger partial charge in [-0.05, 0) is 49.7 Å². The van der Waals surface area contributed by atoms with E-state index in [2.05, 4.69) is 42.3 Å². The van der Waals surface area contributed by atoms with E-state index in [0.717, 1.165) is 10.6 Å². The van der Waals surface area contributed by atoms with Gasteiger partial charge in [0.05, 0.1) is 10.6 Å². The van der Waals surface area contributed by atoms with E-state index >= 15 is 0 Å². The molecule has 0 aliphatic carbocycles. The Morgan fingerprint density at radius 1 is 1.14 bits per heavy atom. The Labute approximate surface area is 176 Å². The second-order valence-electron chi connectivity index (χ2n) is 7.55. The molecule has 2 aliphatic heterocycles. The van der Waals surface area contributed by atoms with E-state index in [4.69, 9.17) is 0 Å². The van der Waals surface area contributed by atoms with Gasteiger partial charge in [0, 0.05) is 48.4 Å². The number of nitrogens with zero attached hydrogens (tertiary/aromatic N) is 2. The molecule has 4 rings (SSSR count). The molecule has 6 nitrogen and oxygen atoms in total. The second-order valence-corrected chi connectivity index (χ2v) is 10.6. The van der Waals surface area contributed by atoms with Crippen LogP contribution in [0.5, 0.6) is 0 Å². The van der Waals surface area contributed by atoms with Crippen molar-refractivity contribution in [3.05, 3.63) is 48.0 Å². The summed E-state index contributed by atoms with van der Waals surface area (Å²) in [6, 6.07) is 13.4. The lowest BCUT2D eigenvalue weighted by molar-refractivity contribution is -0.115. The van der Waals surface area contributed by atoms with Gasteiger partial charge in [-0.1, -0.05) is 12.1 Å². The SMILES string of the molecule is Cc1cccc(N2CCN(S(=O)(=O)c3ccc4c(c3)NC(=O)CCS4)CC2C)c1. The molecular formula is C21H25N3O3S2. The van der Waals surface area contributed by atoms with Gasteiger partial charge < -0.3 is 10.2 Å². The lowest BCUT2D eigenvalue weighted by atomic mass is 10.1. The highest BCUT2D eigenvalue weighted by molar-refractivity contribution is 7.99. The van der Waals surface area contributed by atoms with Gasteiger partial charge in [-0.25, -0.2) is 8.42 Å². The molecule has 1 atom stereocenters. The topological polar surface area (TPSA) is 69.7 Å². The van der Waals surface area contributed by atoms with Crippen molar-refractivity contribution in [2.75, 3.05) is 35.6 Å². The van der Waals surface area contributed by atoms with Crippen LogP contribution in [0.1, 0.15) is 18.9 Å². The molecule has 1 N–H and O–H groups in total. The van der Waals surface area contributed by atoms with Crippen molar-refractivity contribution in [2.24, 2.45) is 0 Å². The summed E-state index contributed by atoms with van der Waals surface area (Å²) >= 11 is 1.57. The highest BCUT2D eigenvalue weighted by Crippen LogP contribution is 2.34. The Balaban J connectivity index is 1.55. The number of thioether (sulfide) groups is 1. The van der Waals surface area contributed by atoms with Crippen LogP contribution in [0.15, 0.2) is 52.3 Å². The minimum atomic E-state index is -3.63. The maximum atomic E-state index is 13.3. The van der Waals surface area contributed by atoms with Crippen LogP contribution < -0.4 is 10.2 Å². The lowest BCUT2D eigenvalue weighted by Gasteiger charge is -2.40. The van der Waals surface area contributed by atoms with Gasteiger partial charge in [-0.2, -0.15) is 4.31 Å². The predicted molar refractivity (Wildman–Crippen MR) is 117 cm³/mol. The van der Waals surface area contributed by atoms with Crippen molar-refractivity contribution >= 4 is 39.1 Å². The molecule has 0 saturated carbocycles. The molecule has 2 heterocycles. The van der Waals surface area contributed by atoms with Crippen molar-refractivity contribution in [1.29, 1.82) is 0 Å². The molecule has 1 fully saturated rings. The van der Waals surface area contributed by atoms with Crippen molar-refractivity contribution in [2.45, 2.75) is 36.1 Å². The minimum absolute atomic E-state index is 0.0661. The minimum Gasteiger partial charge on any atom is -0.366 e. The molecule has 0 spiro atoms. The summed E-state index contributed by atoms with van der Waals surface area (Å²) in [5.74, 6) is 0.620. The smallest absolute Gasteiger partial charge is 0.243 e. The zero-order valence-corrected chi connectivity index (χ0v) is 18.2. The largest absolute Gasteiger partial charge is 0.366 e. The van der Waals surface area contributed by atoms with Crippen LogP contribution in [-0.4, -0.2) is 50.1 Å². The molecule has 154 valence electrons. The Morgan fingerprint density at radius 3 is 2.72 bits per heavy atom. The van der Waals surface area contributed by atoms with Gasteiger partial charge in [0.25, 0.3) is 0 Å². The van der Waals surface area contributed by atoms with E-state index in [1.165, 1.54) is 5.56 Å². The van der Waals surface area contributed by atoms with Crippen LogP contribution in [0.4, 0.5) is 11.4 Å². The van der Waals surface area contributed by atoms with Crippen LogP contribution >= 0.6 is 11.8 Å². The highest BCUT2D eigenvalue weighted by atomic mass is 32.2. The van der Waals surface area contributed by atoms with Crippen LogP contribution in [0, 0.1) is 6.92 Å². The van der Waals surface area contributed by atoms with Gasteiger partial charge >= 0.3 is 0 Å². The Kier molecular flexibility index (Phi) is 5.59. The maximum Gasteiger partial charge on any atom is 0.243 e. The number of amides is 1. The van der Waals surface area contributed by atoms with Gasteiger partial charge in [-0.15, -0.1) is 11.8 Å². The number of hydrogen-bond donors (Lipinski definition) is 1. The molecule has 1 saturated heterocycles. The first-order valence-electron chi connectivity index (χ1n) is 9.75. The number of piperazine rings is 1. The van der Waals surface area contributed by atoms with Crippen molar-refractivity contribution in [3.8, 4) is 0 Å². The average molecular weight is 432 g/mol. The first-order valence-corrected chi connectivity index (χ1v) is 12.2. The van der Waals surface area contributed by atoms with Crippen LogP contribution in [-0.2, 0) is 14.8 Å². The van der Waals surface area contributed by atoms with Gasteiger partial charge in [0.15, 0.2) is 0 Å². The van der Waals surface area contributed by atoms with E-state index in [1.54, 1.807) is 34.3 Å². The van der Waals surface area contributed by atoms with E-state index in [-0.39, 0.29) is 16.8 Å². The normalized spacial score (nSPS) is 20.7. The second kappa shape index (κ2) is 8.01. The summed E-state index contributed by atoms with van der Waals surface area (Å²) in [5.41, 5.74) is 2.90. The monoisotopic (exact) mass is 431 g/mol. The number of hydrogen-bond acceptors (Lipinski definition) is 5. The molecule has 0 aromatic heterocycles. The molecule has 1 amide bonds. The molecule has 1 unspecified atom stereocenters. The first kappa shape index (κ1) is 20.3. The number of anilines is 2. The van der Waals surface area contributed by atoms with E-state index < -0.39 is 10.0 Å². The zero-order valence-electron chi connectivity index (χ0n) is 16.6. The van der Waals surface area contributed by atoms with Crippen LogP contribution in [0.3, 0.4) is 0 Å². The highest BCUT2D eigenvalue weighted by Gasteiger charge is 2.33. The van der Waals surface area contributed by atoms with Gasteiger partial charge in [0.1, 0.15) is 0 Å². The number of aryl methyl sites for hydroxylation is 1. The predicted octanol–water partition coefficient (Wildman–Crippen LogP) is 3.33. The zero-order chi connectivity index (χ0) is 20.6. The third-order valence-corrected chi connectivity index (χ3v) is 8.31. The number of fused-ring (bicyclic) bond motifs is 1. The molecular weight excluding hydrogens is 406 g/mol. The molecule has 2 aliphatic rings. The third-order valence-electron chi connectivity index (χ3n) is 5.37. The molecule has 0 bridgehead atoms. The number of carbonyl (C=O) groups is 1. The summed E-state index contributed by atoms with van der Waals surface area (Å²) in [7, 11) is -3.63. The summed E-state index contributed by atoms with van der Waals surface area (Å²) in [5, 5.41) is 2.83. The standard InChI is InChI=1S/C21H25N3O3S2/c1-15-4-3-5-17(12-15)24-10-9-23(14-16(24)2)29(26,27)18-6-7-20-19(13-18)22-21(25)8-11-28-20/h3-7,12-13,16H,8-11,14H2,1-2H3,(H,22,25). The fraction of sp³-hybridized carbons (Fsp3) is 0.381. The van der Waals surface area contributed by atoms with Crippen LogP contribution in [0.25, 0.3) is 0 Å². The average Bonchev–Trinajstić information content (AvgIpc) is 2.87. The summed E-state index contributed by atoms with van der Waals surface area (Å²) in [4.78, 5) is 15.3. The summed E-state index contributed by atoms with van der Waals surface area (Å²) < 4.78 is 28.1. The van der Waals surface area contributed by atoms with Crippen molar-refractivity contribution < 1.29 is 13.2 Å². The first-order chi connectivity index (χ1) is 13.8. The van der Waals surface area contributed by atoms with Crippen molar-refractivity contribution in [3.63, 3.8) is 0 Å². The number of benzene rings is 2. The molecule has 2 aromatic rings.